The lowest BCUT2D eigenvalue weighted by Crippen LogP contribution is -2.46. The lowest BCUT2D eigenvalue weighted by atomic mass is 10.2. The number of hydrogen-bond acceptors (Lipinski definition) is 7. The largest absolute Gasteiger partial charge is 0.462 e. The molecule has 0 radical (unpaired) electrons. The fourth-order valence-corrected chi connectivity index (χ4v) is 9.50. The summed E-state index contributed by atoms with van der Waals surface area (Å²) in [6, 6.07) is 0.635. The van der Waals surface area contributed by atoms with E-state index in [9.17, 15) is 14.4 Å². The van der Waals surface area contributed by atoms with E-state index < -0.39 is 22.8 Å². The Labute approximate surface area is 171 Å². The summed E-state index contributed by atoms with van der Waals surface area (Å²) in [6.45, 7) is 16.6. The van der Waals surface area contributed by atoms with E-state index in [1.807, 2.05) is 13.5 Å². The molecule has 0 aliphatic rings. The minimum absolute atomic E-state index is 0.112. The van der Waals surface area contributed by atoms with Gasteiger partial charge in [-0.1, -0.05) is 13.5 Å². The Kier molecular flexibility index (Phi) is 12.7. The molecule has 0 spiro atoms. The number of ether oxygens (including phenoxy) is 3. The third-order valence-corrected chi connectivity index (χ3v) is 8.96. The SMILES string of the molecule is C=C(C)C(=O)NCC(=O)OCCOCCOCC(C)C[Si](C)(O)O[Si](C)(C)C. The Balaban J connectivity index is 3.67. The van der Waals surface area contributed by atoms with Gasteiger partial charge in [0, 0.05) is 12.2 Å². The standard InChI is InChI=1S/C18H37NO7Si2/c1-15(2)18(21)19-12-17(20)25-11-10-23-8-9-24-13-16(3)14-28(7,22)26-27(4,5)6/h16,22H,1,8-14H2,2-7H3,(H,19,21). The number of amides is 1. The summed E-state index contributed by atoms with van der Waals surface area (Å²) >= 11 is 0. The molecule has 0 aromatic heterocycles. The van der Waals surface area contributed by atoms with Crippen LogP contribution in [0.3, 0.4) is 0 Å². The van der Waals surface area contributed by atoms with Gasteiger partial charge in [0.2, 0.25) is 5.91 Å². The minimum Gasteiger partial charge on any atom is -0.462 e. The van der Waals surface area contributed by atoms with Crippen LogP contribution in [0, 0.1) is 5.92 Å². The zero-order valence-corrected chi connectivity index (χ0v) is 20.1. The number of esters is 1. The zero-order valence-electron chi connectivity index (χ0n) is 18.1. The molecule has 10 heteroatoms. The minimum atomic E-state index is -2.65. The van der Waals surface area contributed by atoms with Gasteiger partial charge in [0.05, 0.1) is 19.8 Å². The average Bonchev–Trinajstić information content (AvgIpc) is 2.51. The van der Waals surface area contributed by atoms with Crippen LogP contribution in [-0.2, 0) is 27.9 Å². The molecule has 164 valence electrons. The number of carbonyl (C=O) groups is 2. The third-order valence-electron chi connectivity index (χ3n) is 3.30. The Morgan fingerprint density at radius 2 is 1.64 bits per heavy atom. The van der Waals surface area contributed by atoms with Crippen molar-refractivity contribution in [1.29, 1.82) is 0 Å². The number of hydrogen-bond donors (Lipinski definition) is 2. The Bertz CT molecular complexity index is 507. The van der Waals surface area contributed by atoms with Crippen LogP contribution in [0.25, 0.3) is 0 Å². The molecule has 8 nitrogen and oxygen atoms in total. The van der Waals surface area contributed by atoms with Crippen LogP contribution in [0.5, 0.6) is 0 Å². The van der Waals surface area contributed by atoms with E-state index in [4.69, 9.17) is 18.3 Å². The van der Waals surface area contributed by atoms with E-state index in [0.717, 1.165) is 0 Å². The predicted octanol–water partition coefficient (Wildman–Crippen LogP) is 1.81. The molecule has 0 aromatic carbocycles. The number of nitrogens with one attached hydrogen (secondary N) is 1. The number of rotatable bonds is 15. The van der Waals surface area contributed by atoms with Crippen molar-refractivity contribution in [1.82, 2.24) is 5.32 Å². The molecule has 0 bridgehead atoms. The second kappa shape index (κ2) is 13.2. The van der Waals surface area contributed by atoms with E-state index in [1.165, 1.54) is 0 Å². The van der Waals surface area contributed by atoms with Crippen molar-refractivity contribution in [3.8, 4) is 0 Å². The molecule has 0 aliphatic heterocycles. The van der Waals surface area contributed by atoms with E-state index in [1.54, 1.807) is 6.92 Å². The zero-order chi connectivity index (χ0) is 21.8. The fraction of sp³-hybridized carbons (Fsp3) is 0.778. The van der Waals surface area contributed by atoms with Crippen molar-refractivity contribution < 1.29 is 32.7 Å². The fourth-order valence-electron chi connectivity index (χ4n) is 2.48. The van der Waals surface area contributed by atoms with Gasteiger partial charge < -0.3 is 28.4 Å². The maximum Gasteiger partial charge on any atom is 0.325 e. The first-order valence-electron chi connectivity index (χ1n) is 9.50. The van der Waals surface area contributed by atoms with E-state index >= 15 is 0 Å². The highest BCUT2D eigenvalue weighted by Crippen LogP contribution is 2.20. The highest BCUT2D eigenvalue weighted by atomic mass is 28.4. The van der Waals surface area contributed by atoms with Crippen molar-refractivity contribution in [2.45, 2.75) is 46.1 Å². The van der Waals surface area contributed by atoms with Crippen LogP contribution in [0.1, 0.15) is 13.8 Å². The van der Waals surface area contributed by atoms with E-state index in [-0.39, 0.29) is 31.6 Å². The predicted molar refractivity (Wildman–Crippen MR) is 113 cm³/mol. The van der Waals surface area contributed by atoms with Crippen LogP contribution in [0.15, 0.2) is 12.2 Å². The maximum absolute atomic E-state index is 11.4. The molecule has 0 fully saturated rings. The molecular weight excluding hydrogens is 398 g/mol. The van der Waals surface area contributed by atoms with Gasteiger partial charge in [-0.25, -0.2) is 0 Å². The summed E-state index contributed by atoms with van der Waals surface area (Å²) in [5, 5.41) is 2.39. The second-order valence-electron chi connectivity index (χ2n) is 8.07. The molecule has 1 amide bonds. The Morgan fingerprint density at radius 1 is 1.07 bits per heavy atom. The molecule has 0 saturated heterocycles. The first-order chi connectivity index (χ1) is 12.8. The first kappa shape index (κ1) is 27.0. The second-order valence-corrected chi connectivity index (χ2v) is 15.9. The van der Waals surface area contributed by atoms with Crippen LogP contribution >= 0.6 is 0 Å². The van der Waals surface area contributed by atoms with Gasteiger partial charge in [-0.2, -0.15) is 0 Å². The highest BCUT2D eigenvalue weighted by molar-refractivity contribution is 6.81. The van der Waals surface area contributed by atoms with Gasteiger partial charge in [-0.3, -0.25) is 9.59 Å². The van der Waals surface area contributed by atoms with Gasteiger partial charge in [0.15, 0.2) is 8.32 Å². The molecular formula is C18H37NO7Si2. The van der Waals surface area contributed by atoms with Crippen LogP contribution < -0.4 is 5.32 Å². The van der Waals surface area contributed by atoms with Gasteiger partial charge in [0.1, 0.15) is 13.2 Å². The Hall–Kier alpha value is -1.05. The summed E-state index contributed by atoms with van der Waals surface area (Å²) in [4.78, 5) is 33.1. The van der Waals surface area contributed by atoms with Crippen molar-refractivity contribution in [2.75, 3.05) is 39.6 Å². The smallest absolute Gasteiger partial charge is 0.325 e. The van der Waals surface area contributed by atoms with Crippen molar-refractivity contribution >= 4 is 28.8 Å². The summed E-state index contributed by atoms with van der Waals surface area (Å²) in [5.41, 5.74) is 0.333. The van der Waals surface area contributed by atoms with Crippen molar-refractivity contribution in [2.24, 2.45) is 5.92 Å². The highest BCUT2D eigenvalue weighted by Gasteiger charge is 2.34. The maximum atomic E-state index is 11.4. The molecule has 28 heavy (non-hydrogen) atoms. The van der Waals surface area contributed by atoms with Crippen LogP contribution in [0.4, 0.5) is 0 Å². The van der Waals surface area contributed by atoms with Gasteiger partial charge in [-0.15, -0.1) is 0 Å². The van der Waals surface area contributed by atoms with Gasteiger partial charge in [0.25, 0.3) is 0 Å². The molecule has 0 saturated carbocycles. The van der Waals surface area contributed by atoms with Crippen LogP contribution in [0.2, 0.25) is 32.2 Å². The molecule has 0 aromatic rings. The molecule has 2 atom stereocenters. The first-order valence-corrected chi connectivity index (χ1v) is 15.5. The van der Waals surface area contributed by atoms with Crippen LogP contribution in [-0.4, -0.2) is 73.1 Å². The summed E-state index contributed by atoms with van der Waals surface area (Å²) in [5.74, 6) is -0.704. The Morgan fingerprint density at radius 3 is 2.21 bits per heavy atom. The van der Waals surface area contributed by atoms with Crippen molar-refractivity contribution in [3.63, 3.8) is 0 Å². The summed E-state index contributed by atoms with van der Waals surface area (Å²) in [7, 11) is -4.40. The lowest BCUT2D eigenvalue weighted by molar-refractivity contribution is -0.145. The topological polar surface area (TPSA) is 103 Å². The quantitative estimate of drug-likeness (QED) is 0.175. The molecule has 2 N–H and O–H groups in total. The molecule has 0 rings (SSSR count). The van der Waals surface area contributed by atoms with E-state index in [2.05, 4.69) is 31.5 Å². The van der Waals surface area contributed by atoms with Gasteiger partial charge >= 0.3 is 14.5 Å². The summed E-state index contributed by atoms with van der Waals surface area (Å²) in [6.07, 6.45) is 0. The average molecular weight is 436 g/mol. The monoisotopic (exact) mass is 435 g/mol. The molecule has 0 aliphatic carbocycles. The summed E-state index contributed by atoms with van der Waals surface area (Å²) < 4.78 is 21.7. The molecule has 0 heterocycles. The third kappa shape index (κ3) is 16.0. The normalized spacial score (nSPS) is 14.8. The van der Waals surface area contributed by atoms with Crippen molar-refractivity contribution in [3.05, 3.63) is 12.2 Å². The number of carbonyl (C=O) groups excluding carboxylic acids is 2. The van der Waals surface area contributed by atoms with Gasteiger partial charge in [-0.05, 0) is 45.1 Å². The van der Waals surface area contributed by atoms with E-state index in [0.29, 0.717) is 31.4 Å². The lowest BCUT2D eigenvalue weighted by Gasteiger charge is -2.31. The molecule has 2 unspecified atom stereocenters.